The maximum absolute atomic E-state index is 10.5. The smallest absolute Gasteiger partial charge is 0.303 e. The summed E-state index contributed by atoms with van der Waals surface area (Å²) in [5.74, 6) is -0.759. The van der Waals surface area contributed by atoms with E-state index in [1.165, 1.54) is 0 Å². The van der Waals surface area contributed by atoms with E-state index >= 15 is 0 Å². The lowest BCUT2D eigenvalue weighted by Crippen LogP contribution is -2.20. The van der Waals surface area contributed by atoms with Crippen molar-refractivity contribution in [3.8, 4) is 0 Å². The van der Waals surface area contributed by atoms with Crippen molar-refractivity contribution in [1.82, 2.24) is 0 Å². The number of carbonyl (C=O) groups is 1. The van der Waals surface area contributed by atoms with Crippen molar-refractivity contribution >= 4 is 23.3 Å². The predicted octanol–water partition coefficient (Wildman–Crippen LogP) is 3.26. The fraction of sp³-hybridized carbons (Fsp3) is 0.462. The van der Waals surface area contributed by atoms with Gasteiger partial charge in [-0.15, -0.1) is 0 Å². The molecule has 0 unspecified atom stereocenters. The van der Waals surface area contributed by atoms with Gasteiger partial charge in [-0.25, -0.2) is 0 Å². The Morgan fingerprint density at radius 3 is 2.59 bits per heavy atom. The molecule has 94 valence electrons. The van der Waals surface area contributed by atoms with Gasteiger partial charge in [-0.1, -0.05) is 17.7 Å². The molecule has 1 aromatic rings. The number of anilines is 1. The largest absolute Gasteiger partial charge is 0.481 e. The van der Waals surface area contributed by atoms with Gasteiger partial charge < -0.3 is 10.0 Å². The quantitative estimate of drug-likeness (QED) is 0.878. The van der Waals surface area contributed by atoms with Gasteiger partial charge in [0.1, 0.15) is 0 Å². The standard InChI is InChI=1S/C13H18ClNO2/c1-9-7-10(2)13(11(14)8-9)15(3)6-4-5-12(16)17/h7-8H,4-6H2,1-3H3,(H,16,17). The first-order valence-electron chi connectivity index (χ1n) is 5.61. The third-order valence-electron chi connectivity index (χ3n) is 2.66. The summed E-state index contributed by atoms with van der Waals surface area (Å²) >= 11 is 6.21. The van der Waals surface area contributed by atoms with Crippen LogP contribution in [-0.2, 0) is 4.79 Å². The molecule has 4 heteroatoms. The zero-order valence-corrected chi connectivity index (χ0v) is 11.2. The van der Waals surface area contributed by atoms with Gasteiger partial charge in [0.05, 0.1) is 10.7 Å². The number of rotatable bonds is 5. The molecule has 0 fully saturated rings. The molecule has 0 heterocycles. The topological polar surface area (TPSA) is 40.5 Å². The molecule has 0 radical (unpaired) electrons. The molecule has 0 atom stereocenters. The van der Waals surface area contributed by atoms with Crippen LogP contribution >= 0.6 is 11.6 Å². The highest BCUT2D eigenvalue weighted by atomic mass is 35.5. The number of nitrogens with zero attached hydrogens (tertiary/aromatic N) is 1. The molecule has 0 saturated heterocycles. The third-order valence-corrected chi connectivity index (χ3v) is 2.95. The predicted molar refractivity (Wildman–Crippen MR) is 71.1 cm³/mol. The Kier molecular flexibility index (Phi) is 4.82. The maximum Gasteiger partial charge on any atom is 0.303 e. The molecule has 3 nitrogen and oxygen atoms in total. The van der Waals surface area contributed by atoms with E-state index in [0.29, 0.717) is 13.0 Å². The Hall–Kier alpha value is -1.22. The summed E-state index contributed by atoms with van der Waals surface area (Å²) in [5, 5.41) is 9.32. The van der Waals surface area contributed by atoms with Gasteiger partial charge in [-0.05, 0) is 37.5 Å². The van der Waals surface area contributed by atoms with E-state index in [1.54, 1.807) is 0 Å². The fourth-order valence-electron chi connectivity index (χ4n) is 1.97. The highest BCUT2D eigenvalue weighted by Crippen LogP contribution is 2.30. The van der Waals surface area contributed by atoms with Crippen molar-refractivity contribution in [1.29, 1.82) is 0 Å². The zero-order chi connectivity index (χ0) is 13.0. The number of hydrogen-bond donors (Lipinski definition) is 1. The SMILES string of the molecule is Cc1cc(C)c(N(C)CCCC(=O)O)c(Cl)c1. The van der Waals surface area contributed by atoms with Crippen LogP contribution in [-0.4, -0.2) is 24.7 Å². The summed E-state index contributed by atoms with van der Waals surface area (Å²) < 4.78 is 0. The first-order valence-corrected chi connectivity index (χ1v) is 5.99. The van der Waals surface area contributed by atoms with Crippen LogP contribution in [0, 0.1) is 13.8 Å². The second-order valence-corrected chi connectivity index (χ2v) is 4.74. The van der Waals surface area contributed by atoms with Crippen LogP contribution in [0.2, 0.25) is 5.02 Å². The van der Waals surface area contributed by atoms with Crippen LogP contribution < -0.4 is 4.90 Å². The van der Waals surface area contributed by atoms with Crippen LogP contribution in [0.4, 0.5) is 5.69 Å². The minimum atomic E-state index is -0.759. The Labute approximate surface area is 107 Å². The van der Waals surface area contributed by atoms with Crippen molar-refractivity contribution in [3.05, 3.63) is 28.3 Å². The van der Waals surface area contributed by atoms with Gasteiger partial charge in [0.25, 0.3) is 0 Å². The van der Waals surface area contributed by atoms with E-state index < -0.39 is 5.97 Å². The number of carboxylic acids is 1. The maximum atomic E-state index is 10.5. The van der Waals surface area contributed by atoms with Gasteiger partial charge in [0.2, 0.25) is 0 Å². The molecule has 0 aliphatic rings. The lowest BCUT2D eigenvalue weighted by atomic mass is 10.1. The Morgan fingerprint density at radius 2 is 2.06 bits per heavy atom. The number of hydrogen-bond acceptors (Lipinski definition) is 2. The van der Waals surface area contributed by atoms with E-state index in [4.69, 9.17) is 16.7 Å². The van der Waals surface area contributed by atoms with E-state index in [9.17, 15) is 4.79 Å². The monoisotopic (exact) mass is 255 g/mol. The first kappa shape index (κ1) is 13.8. The highest BCUT2D eigenvalue weighted by Gasteiger charge is 2.10. The minimum absolute atomic E-state index is 0.187. The Bertz CT molecular complexity index is 395. The zero-order valence-electron chi connectivity index (χ0n) is 10.5. The van der Waals surface area contributed by atoms with E-state index in [2.05, 4.69) is 6.07 Å². The molecule has 0 spiro atoms. The summed E-state index contributed by atoms with van der Waals surface area (Å²) in [6.45, 7) is 4.71. The molecule has 1 rings (SSSR count). The molecule has 1 N–H and O–H groups in total. The van der Waals surface area contributed by atoms with Crippen LogP contribution in [0.25, 0.3) is 0 Å². The number of carboxylic acid groups (broad SMARTS) is 1. The molecule has 17 heavy (non-hydrogen) atoms. The summed E-state index contributed by atoms with van der Waals surface area (Å²) in [6, 6.07) is 4.01. The molecular weight excluding hydrogens is 238 g/mol. The minimum Gasteiger partial charge on any atom is -0.481 e. The molecule has 1 aromatic carbocycles. The molecule has 0 bridgehead atoms. The third kappa shape index (κ3) is 3.93. The van der Waals surface area contributed by atoms with Crippen molar-refractivity contribution < 1.29 is 9.90 Å². The second kappa shape index (κ2) is 5.92. The van der Waals surface area contributed by atoms with Crippen molar-refractivity contribution in [2.24, 2.45) is 0 Å². The van der Waals surface area contributed by atoms with Gasteiger partial charge in [0, 0.05) is 20.0 Å². The van der Waals surface area contributed by atoms with Gasteiger partial charge in [-0.3, -0.25) is 4.79 Å². The molecule has 0 aromatic heterocycles. The summed E-state index contributed by atoms with van der Waals surface area (Å²) in [5.41, 5.74) is 3.24. The van der Waals surface area contributed by atoms with E-state index in [0.717, 1.165) is 21.8 Å². The number of halogens is 1. The van der Waals surface area contributed by atoms with E-state index in [1.807, 2.05) is 31.9 Å². The van der Waals surface area contributed by atoms with E-state index in [-0.39, 0.29) is 6.42 Å². The normalized spacial score (nSPS) is 10.4. The van der Waals surface area contributed by atoms with Crippen LogP contribution in [0.5, 0.6) is 0 Å². The average Bonchev–Trinajstić information content (AvgIpc) is 2.14. The first-order chi connectivity index (χ1) is 7.91. The number of aryl methyl sites for hydroxylation is 2. The van der Waals surface area contributed by atoms with Crippen molar-refractivity contribution in [2.45, 2.75) is 26.7 Å². The molecule has 0 aliphatic carbocycles. The van der Waals surface area contributed by atoms with Crippen molar-refractivity contribution in [2.75, 3.05) is 18.5 Å². The van der Waals surface area contributed by atoms with Gasteiger partial charge >= 0.3 is 5.97 Å². The highest BCUT2D eigenvalue weighted by molar-refractivity contribution is 6.33. The molecule has 0 saturated carbocycles. The molecule has 0 amide bonds. The molecule has 0 aliphatic heterocycles. The lowest BCUT2D eigenvalue weighted by Gasteiger charge is -2.23. The lowest BCUT2D eigenvalue weighted by molar-refractivity contribution is -0.137. The number of aliphatic carboxylic acids is 1. The van der Waals surface area contributed by atoms with Gasteiger partial charge in [-0.2, -0.15) is 0 Å². The van der Waals surface area contributed by atoms with Crippen LogP contribution in [0.15, 0.2) is 12.1 Å². The van der Waals surface area contributed by atoms with Crippen molar-refractivity contribution in [3.63, 3.8) is 0 Å². The molecular formula is C13H18ClNO2. The Balaban J connectivity index is 2.75. The Morgan fingerprint density at radius 1 is 1.41 bits per heavy atom. The summed E-state index contributed by atoms with van der Waals surface area (Å²) in [4.78, 5) is 12.5. The van der Waals surface area contributed by atoms with Gasteiger partial charge in [0.15, 0.2) is 0 Å². The number of benzene rings is 1. The van der Waals surface area contributed by atoms with Crippen LogP contribution in [0.3, 0.4) is 0 Å². The second-order valence-electron chi connectivity index (χ2n) is 4.33. The average molecular weight is 256 g/mol. The fourth-order valence-corrected chi connectivity index (χ4v) is 2.44. The van der Waals surface area contributed by atoms with Crippen LogP contribution in [0.1, 0.15) is 24.0 Å². The summed E-state index contributed by atoms with van der Waals surface area (Å²) in [6.07, 6.45) is 0.808. The summed E-state index contributed by atoms with van der Waals surface area (Å²) in [7, 11) is 1.94.